The summed E-state index contributed by atoms with van der Waals surface area (Å²) in [5.74, 6) is -1.000. The minimum Gasteiger partial charge on any atom is -0.478 e. The quantitative estimate of drug-likeness (QED) is 0.717. The molecule has 0 aliphatic heterocycles. The third kappa shape index (κ3) is 1.67. The van der Waals surface area contributed by atoms with Gasteiger partial charge in [0.25, 0.3) is 0 Å². The number of nitrogens with zero attached hydrogens (tertiary/aromatic N) is 2. The van der Waals surface area contributed by atoms with Crippen LogP contribution in [0.4, 0.5) is 5.69 Å². The van der Waals surface area contributed by atoms with Gasteiger partial charge in [0.1, 0.15) is 0 Å². The van der Waals surface area contributed by atoms with Crippen LogP contribution in [0, 0.1) is 0 Å². The van der Waals surface area contributed by atoms with Gasteiger partial charge < -0.3 is 10.8 Å². The lowest BCUT2D eigenvalue weighted by molar-refractivity contribution is 0.0697. The van der Waals surface area contributed by atoms with Crippen LogP contribution in [0.15, 0.2) is 36.7 Å². The lowest BCUT2D eigenvalue weighted by Crippen LogP contribution is -2.06. The van der Waals surface area contributed by atoms with Crippen molar-refractivity contribution in [1.82, 2.24) is 9.78 Å². The molecular weight excluding hydrogens is 194 g/mol. The molecule has 1 heterocycles. The van der Waals surface area contributed by atoms with Crippen LogP contribution in [0.5, 0.6) is 0 Å². The van der Waals surface area contributed by atoms with Crippen molar-refractivity contribution in [3.63, 3.8) is 0 Å². The summed E-state index contributed by atoms with van der Waals surface area (Å²) in [5, 5.41) is 12.9. The van der Waals surface area contributed by atoms with Crippen molar-refractivity contribution in [3.8, 4) is 5.69 Å². The fourth-order valence-electron chi connectivity index (χ4n) is 1.33. The number of benzene rings is 1. The lowest BCUT2D eigenvalue weighted by Gasteiger charge is -2.06. The molecule has 0 amide bonds. The Morgan fingerprint density at radius 3 is 2.87 bits per heavy atom. The molecule has 0 saturated heterocycles. The molecule has 1 aromatic carbocycles. The molecule has 0 aliphatic carbocycles. The maximum atomic E-state index is 10.9. The van der Waals surface area contributed by atoms with Crippen LogP contribution in [0.3, 0.4) is 0 Å². The second kappa shape index (κ2) is 3.45. The van der Waals surface area contributed by atoms with E-state index in [2.05, 4.69) is 5.10 Å². The molecule has 0 fully saturated rings. The maximum Gasteiger partial charge on any atom is 0.337 e. The Bertz CT molecular complexity index is 491. The van der Waals surface area contributed by atoms with Crippen molar-refractivity contribution >= 4 is 11.7 Å². The minimum absolute atomic E-state index is 0.174. The number of hydrogen-bond donors (Lipinski definition) is 2. The van der Waals surface area contributed by atoms with E-state index in [-0.39, 0.29) is 5.56 Å². The number of carboxylic acids is 1. The number of nitrogens with two attached hydrogens (primary N) is 1. The van der Waals surface area contributed by atoms with Gasteiger partial charge in [0, 0.05) is 18.1 Å². The van der Waals surface area contributed by atoms with Gasteiger partial charge in [-0.05, 0) is 24.3 Å². The molecule has 0 bridgehead atoms. The van der Waals surface area contributed by atoms with Crippen LogP contribution in [-0.4, -0.2) is 20.9 Å². The molecule has 5 heteroatoms. The number of aromatic carboxylic acids is 1. The van der Waals surface area contributed by atoms with Crippen molar-refractivity contribution in [2.75, 3.05) is 5.73 Å². The molecule has 0 atom stereocenters. The van der Waals surface area contributed by atoms with Crippen molar-refractivity contribution in [3.05, 3.63) is 42.2 Å². The van der Waals surface area contributed by atoms with Crippen LogP contribution in [0.25, 0.3) is 5.69 Å². The molecule has 2 rings (SSSR count). The van der Waals surface area contributed by atoms with Gasteiger partial charge in [0.05, 0.1) is 11.3 Å². The normalized spacial score (nSPS) is 10.1. The summed E-state index contributed by atoms with van der Waals surface area (Å²) in [6.45, 7) is 0. The van der Waals surface area contributed by atoms with E-state index in [1.807, 2.05) is 0 Å². The SMILES string of the molecule is Nc1ccc(C(=O)O)c(-n2cccn2)c1. The highest BCUT2D eigenvalue weighted by Crippen LogP contribution is 2.17. The third-order valence-electron chi connectivity index (χ3n) is 2.00. The van der Waals surface area contributed by atoms with Crippen molar-refractivity contribution in [2.24, 2.45) is 0 Å². The Morgan fingerprint density at radius 2 is 2.27 bits per heavy atom. The molecule has 76 valence electrons. The molecule has 0 saturated carbocycles. The predicted molar refractivity (Wildman–Crippen MR) is 54.9 cm³/mol. The van der Waals surface area contributed by atoms with Crippen LogP contribution in [-0.2, 0) is 0 Å². The first-order valence-electron chi connectivity index (χ1n) is 4.31. The highest BCUT2D eigenvalue weighted by molar-refractivity contribution is 5.92. The zero-order chi connectivity index (χ0) is 10.8. The first kappa shape index (κ1) is 9.26. The van der Waals surface area contributed by atoms with Gasteiger partial charge in [0.2, 0.25) is 0 Å². The van der Waals surface area contributed by atoms with Gasteiger partial charge in [-0.2, -0.15) is 5.10 Å². The number of aromatic nitrogens is 2. The molecule has 5 nitrogen and oxygen atoms in total. The van der Waals surface area contributed by atoms with E-state index in [9.17, 15) is 4.79 Å². The third-order valence-corrected chi connectivity index (χ3v) is 2.00. The Labute approximate surface area is 85.8 Å². The average molecular weight is 203 g/mol. The summed E-state index contributed by atoms with van der Waals surface area (Å²) in [4.78, 5) is 10.9. The number of rotatable bonds is 2. The molecule has 0 spiro atoms. The van der Waals surface area contributed by atoms with Crippen LogP contribution < -0.4 is 5.73 Å². The molecule has 15 heavy (non-hydrogen) atoms. The van der Waals surface area contributed by atoms with Gasteiger partial charge in [-0.1, -0.05) is 0 Å². The molecular formula is C10H9N3O2. The summed E-state index contributed by atoms with van der Waals surface area (Å²) >= 11 is 0. The molecule has 2 aromatic rings. The Kier molecular flexibility index (Phi) is 2.13. The fourth-order valence-corrected chi connectivity index (χ4v) is 1.33. The van der Waals surface area contributed by atoms with Crippen molar-refractivity contribution in [1.29, 1.82) is 0 Å². The van der Waals surface area contributed by atoms with E-state index in [4.69, 9.17) is 10.8 Å². The summed E-state index contributed by atoms with van der Waals surface area (Å²) in [6, 6.07) is 6.32. The number of nitrogen functional groups attached to an aromatic ring is 1. The Balaban J connectivity index is 2.63. The second-order valence-corrected chi connectivity index (χ2v) is 3.03. The number of carbonyl (C=O) groups is 1. The standard InChI is InChI=1S/C10H9N3O2/c11-7-2-3-8(10(14)15)9(6-7)13-5-1-4-12-13/h1-6H,11H2,(H,14,15). The van der Waals surface area contributed by atoms with Gasteiger partial charge in [-0.25, -0.2) is 9.48 Å². The van der Waals surface area contributed by atoms with Gasteiger partial charge in [-0.15, -0.1) is 0 Å². The van der Waals surface area contributed by atoms with Crippen LogP contribution in [0.1, 0.15) is 10.4 Å². The first-order chi connectivity index (χ1) is 7.18. The fraction of sp³-hybridized carbons (Fsp3) is 0. The molecule has 1 aromatic heterocycles. The smallest absolute Gasteiger partial charge is 0.337 e. The highest BCUT2D eigenvalue weighted by atomic mass is 16.4. The highest BCUT2D eigenvalue weighted by Gasteiger charge is 2.11. The molecule has 0 radical (unpaired) electrons. The predicted octanol–water partition coefficient (Wildman–Crippen LogP) is 1.15. The van der Waals surface area contributed by atoms with Crippen molar-refractivity contribution in [2.45, 2.75) is 0 Å². The van der Waals surface area contributed by atoms with E-state index in [1.54, 1.807) is 30.6 Å². The average Bonchev–Trinajstić information content (AvgIpc) is 2.69. The first-order valence-corrected chi connectivity index (χ1v) is 4.31. The topological polar surface area (TPSA) is 81.1 Å². The van der Waals surface area contributed by atoms with E-state index in [1.165, 1.54) is 10.7 Å². The van der Waals surface area contributed by atoms with E-state index >= 15 is 0 Å². The zero-order valence-electron chi connectivity index (χ0n) is 7.79. The number of carboxylic acid groups (broad SMARTS) is 1. The molecule has 0 unspecified atom stereocenters. The Hall–Kier alpha value is -2.30. The summed E-state index contributed by atoms with van der Waals surface area (Å²) in [6.07, 6.45) is 3.25. The van der Waals surface area contributed by atoms with E-state index in [0.717, 1.165) is 0 Å². The van der Waals surface area contributed by atoms with Crippen LogP contribution in [0.2, 0.25) is 0 Å². The summed E-state index contributed by atoms with van der Waals surface area (Å²) in [5.41, 5.74) is 6.74. The van der Waals surface area contributed by atoms with Gasteiger partial charge >= 0.3 is 5.97 Å². The lowest BCUT2D eigenvalue weighted by atomic mass is 10.1. The molecule has 3 N–H and O–H groups in total. The number of hydrogen-bond acceptors (Lipinski definition) is 3. The zero-order valence-corrected chi connectivity index (χ0v) is 7.79. The van der Waals surface area contributed by atoms with Crippen LogP contribution >= 0.6 is 0 Å². The van der Waals surface area contributed by atoms with Crippen molar-refractivity contribution < 1.29 is 9.90 Å². The Morgan fingerprint density at radius 1 is 1.47 bits per heavy atom. The number of anilines is 1. The summed E-state index contributed by atoms with van der Waals surface area (Å²) in [7, 11) is 0. The molecule has 0 aliphatic rings. The van der Waals surface area contributed by atoms with Gasteiger partial charge in [0.15, 0.2) is 0 Å². The second-order valence-electron chi connectivity index (χ2n) is 3.03. The minimum atomic E-state index is -1.000. The summed E-state index contributed by atoms with van der Waals surface area (Å²) < 4.78 is 1.47. The van der Waals surface area contributed by atoms with E-state index < -0.39 is 5.97 Å². The van der Waals surface area contributed by atoms with E-state index in [0.29, 0.717) is 11.4 Å². The largest absolute Gasteiger partial charge is 0.478 e. The maximum absolute atomic E-state index is 10.9. The van der Waals surface area contributed by atoms with Gasteiger partial charge in [-0.3, -0.25) is 0 Å². The monoisotopic (exact) mass is 203 g/mol.